The van der Waals surface area contributed by atoms with Crippen molar-refractivity contribution in [3.63, 3.8) is 0 Å². The van der Waals surface area contributed by atoms with Crippen LogP contribution in [0.1, 0.15) is 25.0 Å². The summed E-state index contributed by atoms with van der Waals surface area (Å²) >= 11 is 6.07. The molecule has 0 aliphatic heterocycles. The number of para-hydroxylation sites is 1. The zero-order chi connectivity index (χ0) is 12.8. The van der Waals surface area contributed by atoms with E-state index in [1.807, 2.05) is 38.1 Å². The molecule has 1 unspecified atom stereocenters. The van der Waals surface area contributed by atoms with E-state index in [-0.39, 0.29) is 0 Å². The average molecular weight is 258 g/mol. The molecule has 0 heterocycles. The Kier molecular flexibility index (Phi) is 5.75. The Bertz CT molecular complexity index is 355. The first-order chi connectivity index (χ1) is 8.06. The van der Waals surface area contributed by atoms with Crippen molar-refractivity contribution in [1.82, 2.24) is 4.90 Å². The van der Waals surface area contributed by atoms with Crippen LogP contribution >= 0.6 is 11.6 Å². The SMILES string of the molecule is CCOc1c(Cl)cccc1C(O)CCN(C)C. The fourth-order valence-electron chi connectivity index (χ4n) is 1.62. The lowest BCUT2D eigenvalue weighted by Gasteiger charge is -2.18. The van der Waals surface area contributed by atoms with E-state index in [4.69, 9.17) is 16.3 Å². The van der Waals surface area contributed by atoms with Crippen LogP contribution in [-0.2, 0) is 0 Å². The molecule has 0 saturated carbocycles. The summed E-state index contributed by atoms with van der Waals surface area (Å²) in [5.74, 6) is 0.600. The van der Waals surface area contributed by atoms with Gasteiger partial charge in [-0.15, -0.1) is 0 Å². The molecule has 3 nitrogen and oxygen atoms in total. The normalized spacial score (nSPS) is 12.8. The van der Waals surface area contributed by atoms with Crippen molar-refractivity contribution in [1.29, 1.82) is 0 Å². The average Bonchev–Trinajstić information content (AvgIpc) is 2.29. The monoisotopic (exact) mass is 257 g/mol. The van der Waals surface area contributed by atoms with Gasteiger partial charge in [-0.3, -0.25) is 0 Å². The van der Waals surface area contributed by atoms with Crippen LogP contribution in [0.2, 0.25) is 5.02 Å². The van der Waals surface area contributed by atoms with Gasteiger partial charge in [-0.2, -0.15) is 0 Å². The number of ether oxygens (including phenoxy) is 1. The van der Waals surface area contributed by atoms with Gasteiger partial charge in [0.15, 0.2) is 0 Å². The number of rotatable bonds is 6. The number of benzene rings is 1. The van der Waals surface area contributed by atoms with Gasteiger partial charge in [0.2, 0.25) is 0 Å². The maximum Gasteiger partial charge on any atom is 0.143 e. The van der Waals surface area contributed by atoms with Crippen LogP contribution < -0.4 is 4.74 Å². The van der Waals surface area contributed by atoms with Gasteiger partial charge in [0.1, 0.15) is 5.75 Å². The van der Waals surface area contributed by atoms with E-state index in [1.54, 1.807) is 6.07 Å². The molecule has 0 radical (unpaired) electrons. The number of hydrogen-bond acceptors (Lipinski definition) is 3. The Labute approximate surface area is 108 Å². The molecular formula is C13H20ClNO2. The summed E-state index contributed by atoms with van der Waals surface area (Å²) in [5, 5.41) is 10.7. The van der Waals surface area contributed by atoms with E-state index in [0.29, 0.717) is 23.8 Å². The third kappa shape index (κ3) is 4.19. The number of halogens is 1. The topological polar surface area (TPSA) is 32.7 Å². The van der Waals surface area contributed by atoms with E-state index in [0.717, 1.165) is 12.1 Å². The summed E-state index contributed by atoms with van der Waals surface area (Å²) in [4.78, 5) is 2.04. The molecule has 0 amide bonds. The first kappa shape index (κ1) is 14.3. The molecular weight excluding hydrogens is 238 g/mol. The zero-order valence-electron chi connectivity index (χ0n) is 10.6. The summed E-state index contributed by atoms with van der Waals surface area (Å²) < 4.78 is 5.49. The Hall–Kier alpha value is -0.770. The molecule has 1 N–H and O–H groups in total. The van der Waals surface area contributed by atoms with Crippen molar-refractivity contribution in [2.45, 2.75) is 19.4 Å². The summed E-state index contributed by atoms with van der Waals surface area (Å²) in [7, 11) is 3.96. The molecule has 96 valence electrons. The summed E-state index contributed by atoms with van der Waals surface area (Å²) in [6.45, 7) is 3.26. The van der Waals surface area contributed by atoms with Gasteiger partial charge in [-0.25, -0.2) is 0 Å². The smallest absolute Gasteiger partial charge is 0.143 e. The number of aliphatic hydroxyl groups is 1. The van der Waals surface area contributed by atoms with E-state index in [1.165, 1.54) is 0 Å². The Balaban J connectivity index is 2.84. The van der Waals surface area contributed by atoms with Crippen LogP contribution in [0.3, 0.4) is 0 Å². The van der Waals surface area contributed by atoms with Gasteiger partial charge in [0.25, 0.3) is 0 Å². The molecule has 0 aromatic heterocycles. The minimum absolute atomic E-state index is 0.539. The van der Waals surface area contributed by atoms with Crippen molar-refractivity contribution in [2.75, 3.05) is 27.2 Å². The molecule has 0 bridgehead atoms. The summed E-state index contributed by atoms with van der Waals surface area (Å²) in [6, 6.07) is 5.46. The van der Waals surface area contributed by atoms with Gasteiger partial charge < -0.3 is 14.7 Å². The van der Waals surface area contributed by atoms with Crippen molar-refractivity contribution < 1.29 is 9.84 Å². The van der Waals surface area contributed by atoms with Crippen LogP contribution in [0.25, 0.3) is 0 Å². The predicted octanol–water partition coefficient (Wildman–Crippen LogP) is 2.72. The van der Waals surface area contributed by atoms with E-state index < -0.39 is 6.10 Å². The lowest BCUT2D eigenvalue weighted by molar-refractivity contribution is 0.149. The second-order valence-electron chi connectivity index (χ2n) is 4.20. The minimum Gasteiger partial charge on any atom is -0.492 e. The zero-order valence-corrected chi connectivity index (χ0v) is 11.4. The molecule has 0 aliphatic carbocycles. The van der Waals surface area contributed by atoms with Crippen molar-refractivity contribution in [3.05, 3.63) is 28.8 Å². The van der Waals surface area contributed by atoms with E-state index in [9.17, 15) is 5.11 Å². The number of hydrogen-bond donors (Lipinski definition) is 1. The first-order valence-corrected chi connectivity index (χ1v) is 6.18. The highest BCUT2D eigenvalue weighted by molar-refractivity contribution is 6.32. The van der Waals surface area contributed by atoms with Gasteiger partial charge in [-0.1, -0.05) is 23.7 Å². The third-order valence-corrected chi connectivity index (χ3v) is 2.79. The molecule has 0 saturated heterocycles. The van der Waals surface area contributed by atoms with Gasteiger partial charge in [0.05, 0.1) is 17.7 Å². The standard InChI is InChI=1S/C13H20ClNO2/c1-4-17-13-10(6-5-7-11(13)14)12(16)8-9-15(2)3/h5-7,12,16H,4,8-9H2,1-3H3. The maximum absolute atomic E-state index is 10.1. The van der Waals surface area contributed by atoms with Crippen molar-refractivity contribution >= 4 is 11.6 Å². The van der Waals surface area contributed by atoms with Crippen molar-refractivity contribution in [3.8, 4) is 5.75 Å². The minimum atomic E-state index is -0.544. The van der Waals surface area contributed by atoms with Crippen LogP contribution in [-0.4, -0.2) is 37.3 Å². The Morgan fingerprint density at radius 2 is 2.12 bits per heavy atom. The number of nitrogens with zero attached hydrogens (tertiary/aromatic N) is 1. The van der Waals surface area contributed by atoms with Crippen LogP contribution in [0, 0.1) is 0 Å². The van der Waals surface area contributed by atoms with Gasteiger partial charge >= 0.3 is 0 Å². The summed E-state index contributed by atoms with van der Waals surface area (Å²) in [6.07, 6.45) is 0.116. The predicted molar refractivity (Wildman–Crippen MR) is 70.8 cm³/mol. The second-order valence-corrected chi connectivity index (χ2v) is 4.61. The second kappa shape index (κ2) is 6.84. The third-order valence-electron chi connectivity index (χ3n) is 2.49. The molecule has 17 heavy (non-hydrogen) atoms. The molecule has 0 fully saturated rings. The summed E-state index contributed by atoms with van der Waals surface area (Å²) in [5.41, 5.74) is 0.765. The molecule has 1 aromatic rings. The molecule has 0 aliphatic rings. The van der Waals surface area contributed by atoms with Crippen LogP contribution in [0.15, 0.2) is 18.2 Å². The van der Waals surface area contributed by atoms with Crippen LogP contribution in [0.4, 0.5) is 0 Å². The molecule has 1 rings (SSSR count). The lowest BCUT2D eigenvalue weighted by atomic mass is 10.1. The highest BCUT2D eigenvalue weighted by Gasteiger charge is 2.15. The lowest BCUT2D eigenvalue weighted by Crippen LogP contribution is -2.16. The highest BCUT2D eigenvalue weighted by Crippen LogP contribution is 2.34. The highest BCUT2D eigenvalue weighted by atomic mass is 35.5. The van der Waals surface area contributed by atoms with Gasteiger partial charge in [-0.05, 0) is 33.5 Å². The Morgan fingerprint density at radius 3 is 2.71 bits per heavy atom. The first-order valence-electron chi connectivity index (χ1n) is 5.80. The van der Waals surface area contributed by atoms with E-state index >= 15 is 0 Å². The van der Waals surface area contributed by atoms with Gasteiger partial charge in [0, 0.05) is 12.1 Å². The molecule has 0 spiro atoms. The molecule has 1 atom stereocenters. The molecule has 4 heteroatoms. The largest absolute Gasteiger partial charge is 0.492 e. The maximum atomic E-state index is 10.1. The Morgan fingerprint density at radius 1 is 1.41 bits per heavy atom. The van der Waals surface area contributed by atoms with Crippen molar-refractivity contribution in [2.24, 2.45) is 0 Å². The fourth-order valence-corrected chi connectivity index (χ4v) is 1.86. The fraction of sp³-hybridized carbons (Fsp3) is 0.538. The van der Waals surface area contributed by atoms with E-state index in [2.05, 4.69) is 0 Å². The van der Waals surface area contributed by atoms with Crippen LogP contribution in [0.5, 0.6) is 5.75 Å². The quantitative estimate of drug-likeness (QED) is 0.851. The molecule has 1 aromatic carbocycles. The number of aliphatic hydroxyl groups excluding tert-OH is 1.